The number of aryl methyl sites for hydroxylation is 1. The maximum Gasteiger partial charge on any atom is 0.0494 e. The van der Waals surface area contributed by atoms with Crippen LogP contribution in [0.25, 0.3) is 0 Å². The Morgan fingerprint density at radius 1 is 1.21 bits per heavy atom. The molecule has 2 N–H and O–H groups in total. The molecule has 1 aliphatic rings. The second-order valence-corrected chi connectivity index (χ2v) is 5.61. The predicted molar refractivity (Wildman–Crippen MR) is 80.6 cm³/mol. The van der Waals surface area contributed by atoms with Crippen molar-refractivity contribution in [2.24, 2.45) is 5.73 Å². The van der Waals surface area contributed by atoms with Gasteiger partial charge in [0.05, 0.1) is 0 Å². The smallest absolute Gasteiger partial charge is 0.0494 e. The summed E-state index contributed by atoms with van der Waals surface area (Å²) in [6.07, 6.45) is 0. The fourth-order valence-corrected chi connectivity index (χ4v) is 2.78. The first-order valence-electron chi connectivity index (χ1n) is 6.49. The van der Waals surface area contributed by atoms with Crippen LogP contribution in [-0.4, -0.2) is 6.54 Å². The molecule has 1 atom stereocenters. The van der Waals surface area contributed by atoms with E-state index >= 15 is 0 Å². The molecule has 98 valence electrons. The van der Waals surface area contributed by atoms with Crippen LogP contribution in [-0.2, 0) is 6.54 Å². The Hall–Kier alpha value is -1.51. The molecule has 1 heterocycles. The molecule has 1 unspecified atom stereocenters. The molecule has 0 amide bonds. The van der Waals surface area contributed by atoms with E-state index in [0.717, 1.165) is 18.1 Å². The normalized spacial score (nSPS) is 17.6. The van der Waals surface area contributed by atoms with Gasteiger partial charge >= 0.3 is 0 Å². The van der Waals surface area contributed by atoms with E-state index in [4.69, 9.17) is 17.3 Å². The van der Waals surface area contributed by atoms with Crippen LogP contribution in [0.4, 0.5) is 5.69 Å². The Morgan fingerprint density at radius 3 is 2.68 bits per heavy atom. The zero-order chi connectivity index (χ0) is 13.4. The van der Waals surface area contributed by atoms with Gasteiger partial charge in [-0.2, -0.15) is 0 Å². The maximum absolute atomic E-state index is 6.22. The van der Waals surface area contributed by atoms with E-state index in [1.165, 1.54) is 22.4 Å². The van der Waals surface area contributed by atoms with E-state index in [9.17, 15) is 0 Å². The van der Waals surface area contributed by atoms with Crippen molar-refractivity contribution in [3.05, 3.63) is 64.2 Å². The number of benzene rings is 2. The first-order valence-corrected chi connectivity index (χ1v) is 6.87. The van der Waals surface area contributed by atoms with Gasteiger partial charge in [-0.25, -0.2) is 0 Å². The summed E-state index contributed by atoms with van der Waals surface area (Å²) in [4.78, 5) is 2.34. The lowest BCUT2D eigenvalue weighted by molar-refractivity contribution is 0.720. The van der Waals surface area contributed by atoms with E-state index in [1.54, 1.807) is 0 Å². The summed E-state index contributed by atoms with van der Waals surface area (Å²) in [5, 5.41) is 0.776. The van der Waals surface area contributed by atoms with Crippen molar-refractivity contribution in [1.82, 2.24) is 0 Å². The molecule has 0 bridgehead atoms. The summed E-state index contributed by atoms with van der Waals surface area (Å²) in [5.74, 6) is 0. The lowest BCUT2D eigenvalue weighted by Crippen LogP contribution is -2.23. The largest absolute Gasteiger partial charge is 0.365 e. The van der Waals surface area contributed by atoms with Gasteiger partial charge in [0.25, 0.3) is 0 Å². The number of rotatable bonds is 2. The fourth-order valence-electron chi connectivity index (χ4n) is 2.65. The molecular formula is C16H17ClN2. The summed E-state index contributed by atoms with van der Waals surface area (Å²) in [7, 11) is 0. The molecule has 0 saturated carbocycles. The molecule has 0 spiro atoms. The topological polar surface area (TPSA) is 29.3 Å². The Bertz CT molecular complexity index is 592. The number of fused-ring (bicyclic) bond motifs is 1. The highest BCUT2D eigenvalue weighted by Crippen LogP contribution is 2.35. The van der Waals surface area contributed by atoms with Crippen LogP contribution in [0.2, 0.25) is 5.02 Å². The van der Waals surface area contributed by atoms with Gasteiger partial charge in [-0.3, -0.25) is 0 Å². The lowest BCUT2D eigenvalue weighted by Gasteiger charge is -2.19. The number of nitrogens with two attached hydrogens (primary N) is 1. The summed E-state index contributed by atoms with van der Waals surface area (Å²) in [6.45, 7) is 3.86. The van der Waals surface area contributed by atoms with Gasteiger partial charge in [-0.05, 0) is 36.2 Å². The Kier molecular flexibility index (Phi) is 3.21. The molecule has 0 aromatic heterocycles. The molecule has 0 aliphatic carbocycles. The van der Waals surface area contributed by atoms with Crippen LogP contribution < -0.4 is 10.6 Å². The molecule has 0 radical (unpaired) electrons. The number of hydrogen-bond donors (Lipinski definition) is 1. The third-order valence-corrected chi connectivity index (χ3v) is 3.88. The van der Waals surface area contributed by atoms with Crippen molar-refractivity contribution in [1.29, 1.82) is 0 Å². The minimum Gasteiger partial charge on any atom is -0.365 e. The van der Waals surface area contributed by atoms with E-state index in [0.29, 0.717) is 0 Å². The summed E-state index contributed by atoms with van der Waals surface area (Å²) in [5.41, 5.74) is 11.3. The highest BCUT2D eigenvalue weighted by atomic mass is 35.5. The van der Waals surface area contributed by atoms with Crippen molar-refractivity contribution < 1.29 is 0 Å². The van der Waals surface area contributed by atoms with Crippen LogP contribution in [0.1, 0.15) is 22.7 Å². The van der Waals surface area contributed by atoms with Gasteiger partial charge in [0.2, 0.25) is 0 Å². The highest BCUT2D eigenvalue weighted by Gasteiger charge is 2.25. The zero-order valence-electron chi connectivity index (χ0n) is 10.9. The van der Waals surface area contributed by atoms with Crippen molar-refractivity contribution in [2.45, 2.75) is 19.5 Å². The average molecular weight is 273 g/mol. The molecule has 2 aromatic rings. The van der Waals surface area contributed by atoms with E-state index < -0.39 is 0 Å². The Balaban J connectivity index is 1.86. The van der Waals surface area contributed by atoms with Gasteiger partial charge < -0.3 is 10.6 Å². The zero-order valence-corrected chi connectivity index (χ0v) is 11.7. The van der Waals surface area contributed by atoms with Gasteiger partial charge in [0.15, 0.2) is 0 Å². The molecule has 19 heavy (non-hydrogen) atoms. The molecule has 3 heteroatoms. The van der Waals surface area contributed by atoms with Crippen LogP contribution >= 0.6 is 11.6 Å². The van der Waals surface area contributed by atoms with Gasteiger partial charge in [0.1, 0.15) is 0 Å². The predicted octanol–water partition coefficient (Wildman–Crippen LogP) is 3.67. The van der Waals surface area contributed by atoms with Crippen LogP contribution in [0.5, 0.6) is 0 Å². The minimum atomic E-state index is 0.113. The standard InChI is InChI=1S/C16H17ClN2/c1-11-2-7-16-14(8-11)15(18)10-19(16)9-12-3-5-13(17)6-4-12/h2-8,15H,9-10,18H2,1H3. The highest BCUT2D eigenvalue weighted by molar-refractivity contribution is 6.30. The number of nitrogens with zero attached hydrogens (tertiary/aromatic N) is 1. The van der Waals surface area contributed by atoms with Crippen LogP contribution in [0.15, 0.2) is 42.5 Å². The third-order valence-electron chi connectivity index (χ3n) is 3.63. The van der Waals surface area contributed by atoms with E-state index in [2.05, 4.69) is 42.2 Å². The van der Waals surface area contributed by atoms with E-state index in [-0.39, 0.29) is 6.04 Å². The molecule has 0 fully saturated rings. The number of hydrogen-bond acceptors (Lipinski definition) is 2. The van der Waals surface area contributed by atoms with Crippen molar-refractivity contribution in [2.75, 3.05) is 11.4 Å². The summed E-state index contributed by atoms with van der Waals surface area (Å²) in [6, 6.07) is 14.6. The third kappa shape index (κ3) is 2.46. The van der Waals surface area contributed by atoms with Gasteiger partial charge in [-0.1, -0.05) is 41.4 Å². The molecular weight excluding hydrogens is 256 g/mol. The van der Waals surface area contributed by atoms with Crippen LogP contribution in [0, 0.1) is 6.92 Å². The monoisotopic (exact) mass is 272 g/mol. The second kappa shape index (κ2) is 4.87. The van der Waals surface area contributed by atoms with Crippen molar-refractivity contribution >= 4 is 17.3 Å². The van der Waals surface area contributed by atoms with Gasteiger partial charge in [0, 0.05) is 29.8 Å². The Morgan fingerprint density at radius 2 is 1.95 bits per heavy atom. The molecule has 3 rings (SSSR count). The second-order valence-electron chi connectivity index (χ2n) is 5.18. The lowest BCUT2D eigenvalue weighted by atomic mass is 10.1. The molecule has 0 saturated heterocycles. The maximum atomic E-state index is 6.22. The summed E-state index contributed by atoms with van der Waals surface area (Å²) < 4.78 is 0. The van der Waals surface area contributed by atoms with Crippen molar-refractivity contribution in [3.63, 3.8) is 0 Å². The molecule has 2 nitrogen and oxygen atoms in total. The van der Waals surface area contributed by atoms with Gasteiger partial charge in [-0.15, -0.1) is 0 Å². The average Bonchev–Trinajstić information content (AvgIpc) is 2.69. The SMILES string of the molecule is Cc1ccc2c(c1)C(N)CN2Cc1ccc(Cl)cc1. The molecule has 2 aromatic carbocycles. The quantitative estimate of drug-likeness (QED) is 0.904. The summed E-state index contributed by atoms with van der Waals surface area (Å²) >= 11 is 5.92. The number of halogens is 1. The van der Waals surface area contributed by atoms with Crippen molar-refractivity contribution in [3.8, 4) is 0 Å². The molecule has 1 aliphatic heterocycles. The number of anilines is 1. The first-order chi connectivity index (χ1) is 9.13. The van der Waals surface area contributed by atoms with Crippen LogP contribution in [0.3, 0.4) is 0 Å². The Labute approximate surface area is 118 Å². The fraction of sp³-hybridized carbons (Fsp3) is 0.250. The van der Waals surface area contributed by atoms with E-state index in [1.807, 2.05) is 12.1 Å². The first kappa shape index (κ1) is 12.5. The minimum absolute atomic E-state index is 0.113.